The molecule has 29 heavy (non-hydrogen) atoms. The number of halogens is 1. The smallest absolute Gasteiger partial charge is 0.408 e. The Bertz CT molecular complexity index is 1040. The molecule has 1 atom stereocenters. The van der Waals surface area contributed by atoms with E-state index >= 15 is 0 Å². The number of aliphatic carboxylic acids is 1. The largest absolute Gasteiger partial charge is 0.480 e. The number of amides is 2. The van der Waals surface area contributed by atoms with Gasteiger partial charge in [0.2, 0.25) is 0 Å². The van der Waals surface area contributed by atoms with Crippen LogP contribution in [0.25, 0.3) is 10.2 Å². The molecule has 3 aromatic rings. The Kier molecular flexibility index (Phi) is 6.78. The molecule has 0 bridgehead atoms. The quantitative estimate of drug-likeness (QED) is 0.480. The summed E-state index contributed by atoms with van der Waals surface area (Å²) in [5, 5.41) is 14.1. The van der Waals surface area contributed by atoms with E-state index in [2.05, 4.69) is 31.5 Å². The van der Waals surface area contributed by atoms with Gasteiger partial charge in [-0.2, -0.15) is 0 Å². The molecule has 2 amide bonds. The molecule has 1 unspecified atom stereocenters. The van der Waals surface area contributed by atoms with Gasteiger partial charge in [0.25, 0.3) is 5.91 Å². The maximum atomic E-state index is 12.4. The highest BCUT2D eigenvalue weighted by atomic mass is 79.9. The number of carboxylic acids is 1. The van der Waals surface area contributed by atoms with Gasteiger partial charge in [-0.05, 0) is 33.6 Å². The Morgan fingerprint density at radius 3 is 2.66 bits per heavy atom. The second kappa shape index (κ2) is 9.48. The Labute approximate surface area is 178 Å². The lowest BCUT2D eigenvalue weighted by Crippen LogP contribution is -2.48. The number of nitrogens with one attached hydrogen (secondary N) is 2. The van der Waals surface area contributed by atoms with Gasteiger partial charge in [0.05, 0.1) is 15.1 Å². The van der Waals surface area contributed by atoms with Gasteiger partial charge in [-0.25, -0.2) is 9.59 Å². The summed E-state index contributed by atoms with van der Waals surface area (Å²) in [6.07, 6.45) is 0.734. The number of pyridine rings is 1. The van der Waals surface area contributed by atoms with Gasteiger partial charge < -0.3 is 20.5 Å². The second-order valence-electron chi connectivity index (χ2n) is 5.92. The van der Waals surface area contributed by atoms with Crippen LogP contribution in [-0.2, 0) is 16.1 Å². The van der Waals surface area contributed by atoms with Crippen molar-refractivity contribution >= 4 is 55.5 Å². The molecule has 10 heteroatoms. The van der Waals surface area contributed by atoms with E-state index in [9.17, 15) is 19.5 Å². The maximum absolute atomic E-state index is 12.4. The third kappa shape index (κ3) is 5.52. The van der Waals surface area contributed by atoms with Crippen LogP contribution in [0.5, 0.6) is 0 Å². The van der Waals surface area contributed by atoms with E-state index in [1.807, 2.05) is 6.07 Å². The molecule has 0 fully saturated rings. The van der Waals surface area contributed by atoms with Crippen molar-refractivity contribution in [1.29, 1.82) is 0 Å². The van der Waals surface area contributed by atoms with Crippen LogP contribution >= 0.6 is 27.3 Å². The number of thiophene rings is 1. The third-order valence-corrected chi connectivity index (χ3v) is 5.94. The molecule has 0 aliphatic rings. The topological polar surface area (TPSA) is 118 Å². The summed E-state index contributed by atoms with van der Waals surface area (Å²) in [7, 11) is 0. The maximum Gasteiger partial charge on any atom is 0.408 e. The predicted octanol–water partition coefficient (Wildman–Crippen LogP) is 3.17. The van der Waals surface area contributed by atoms with Gasteiger partial charge in [0, 0.05) is 17.2 Å². The first-order valence-electron chi connectivity index (χ1n) is 8.46. The molecule has 0 aliphatic carbocycles. The fraction of sp³-hybridized carbons (Fsp3) is 0.158. The number of carbonyl (C=O) groups is 3. The summed E-state index contributed by atoms with van der Waals surface area (Å²) in [6.45, 7) is -0.285. The van der Waals surface area contributed by atoms with Gasteiger partial charge in [0.15, 0.2) is 0 Å². The zero-order chi connectivity index (χ0) is 20.8. The Morgan fingerprint density at radius 2 is 1.97 bits per heavy atom. The molecule has 0 spiro atoms. The number of alkyl carbamates (subject to hydrolysis) is 1. The summed E-state index contributed by atoms with van der Waals surface area (Å²) < 4.78 is 6.65. The number of rotatable bonds is 7. The van der Waals surface area contributed by atoms with Gasteiger partial charge >= 0.3 is 12.1 Å². The van der Waals surface area contributed by atoms with Crippen molar-refractivity contribution in [3.05, 3.63) is 63.6 Å². The van der Waals surface area contributed by atoms with Crippen LogP contribution in [-0.4, -0.2) is 40.6 Å². The Balaban J connectivity index is 1.55. The van der Waals surface area contributed by atoms with Crippen LogP contribution in [0.2, 0.25) is 0 Å². The average molecular weight is 478 g/mol. The van der Waals surface area contributed by atoms with Gasteiger partial charge in [-0.3, -0.25) is 9.78 Å². The monoisotopic (exact) mass is 477 g/mol. The highest BCUT2D eigenvalue weighted by molar-refractivity contribution is 9.10. The lowest BCUT2D eigenvalue weighted by molar-refractivity contribution is -0.139. The standard InChI is InChI=1S/C19H16BrN3O5S/c20-12-6-7-21-13-8-15(29-16(12)13)17(24)22-9-14(18(25)26)23-19(27)28-10-11-4-2-1-3-5-11/h1-8,14H,9-10H2,(H,22,24)(H,23,27)(H,25,26). The third-order valence-electron chi connectivity index (χ3n) is 3.86. The van der Waals surface area contributed by atoms with Gasteiger partial charge in [-0.1, -0.05) is 30.3 Å². The van der Waals surface area contributed by atoms with E-state index in [4.69, 9.17) is 4.74 Å². The van der Waals surface area contributed by atoms with Crippen molar-refractivity contribution in [3.8, 4) is 0 Å². The van der Waals surface area contributed by atoms with Crippen molar-refractivity contribution in [2.24, 2.45) is 0 Å². The van der Waals surface area contributed by atoms with Gasteiger partial charge in [0.1, 0.15) is 12.6 Å². The first-order valence-corrected chi connectivity index (χ1v) is 10.1. The molecule has 2 heterocycles. The summed E-state index contributed by atoms with van der Waals surface area (Å²) >= 11 is 4.63. The predicted molar refractivity (Wildman–Crippen MR) is 111 cm³/mol. The van der Waals surface area contributed by atoms with E-state index in [0.717, 1.165) is 14.7 Å². The molecule has 8 nitrogen and oxygen atoms in total. The summed E-state index contributed by atoms with van der Waals surface area (Å²) in [5.41, 5.74) is 1.43. The molecule has 1 aromatic carbocycles. The first-order chi connectivity index (χ1) is 13.9. The molecule has 3 N–H and O–H groups in total. The van der Waals surface area contributed by atoms with E-state index in [-0.39, 0.29) is 13.2 Å². The van der Waals surface area contributed by atoms with Crippen molar-refractivity contribution in [1.82, 2.24) is 15.6 Å². The number of fused-ring (bicyclic) bond motifs is 1. The van der Waals surface area contributed by atoms with E-state index in [1.165, 1.54) is 11.3 Å². The fourth-order valence-electron chi connectivity index (χ4n) is 2.41. The Hall–Kier alpha value is -2.98. The first kappa shape index (κ1) is 20.7. The summed E-state index contributed by atoms with van der Waals surface area (Å²) in [4.78, 5) is 40.2. The van der Waals surface area contributed by atoms with Crippen LogP contribution in [0.3, 0.4) is 0 Å². The minimum atomic E-state index is -1.33. The van der Waals surface area contributed by atoms with E-state index in [1.54, 1.807) is 42.6 Å². The molecule has 150 valence electrons. The molecular weight excluding hydrogens is 462 g/mol. The molecule has 0 saturated heterocycles. The molecule has 0 radical (unpaired) electrons. The van der Waals surface area contributed by atoms with Crippen LogP contribution in [0.15, 0.2) is 53.1 Å². The number of carbonyl (C=O) groups excluding carboxylic acids is 2. The lowest BCUT2D eigenvalue weighted by Gasteiger charge is -2.15. The molecule has 2 aromatic heterocycles. The van der Waals surface area contributed by atoms with Crippen molar-refractivity contribution in [2.75, 3.05) is 6.54 Å². The van der Waals surface area contributed by atoms with Crippen molar-refractivity contribution < 1.29 is 24.2 Å². The number of aromatic nitrogens is 1. The molecule has 0 aliphatic heterocycles. The van der Waals surface area contributed by atoms with Crippen molar-refractivity contribution in [3.63, 3.8) is 0 Å². The van der Waals surface area contributed by atoms with Crippen LogP contribution < -0.4 is 10.6 Å². The van der Waals surface area contributed by atoms with Crippen LogP contribution in [0.1, 0.15) is 15.2 Å². The average Bonchev–Trinajstić information content (AvgIpc) is 3.16. The normalized spacial score (nSPS) is 11.6. The van der Waals surface area contributed by atoms with E-state index in [0.29, 0.717) is 10.4 Å². The number of nitrogens with zero attached hydrogens (tertiary/aromatic N) is 1. The minimum Gasteiger partial charge on any atom is -0.480 e. The number of hydrogen-bond donors (Lipinski definition) is 3. The van der Waals surface area contributed by atoms with Crippen LogP contribution in [0.4, 0.5) is 4.79 Å². The van der Waals surface area contributed by atoms with Crippen molar-refractivity contribution in [2.45, 2.75) is 12.6 Å². The highest BCUT2D eigenvalue weighted by Gasteiger charge is 2.22. The summed E-state index contributed by atoms with van der Waals surface area (Å²) in [6, 6.07) is 11.0. The molecular formula is C19H16BrN3O5S. The lowest BCUT2D eigenvalue weighted by atomic mass is 10.2. The number of carboxylic acid groups (broad SMARTS) is 1. The zero-order valence-electron chi connectivity index (χ0n) is 14.9. The Morgan fingerprint density at radius 1 is 1.21 bits per heavy atom. The fourth-order valence-corrected chi connectivity index (χ4v) is 3.91. The SMILES string of the molecule is O=C(NC(CNC(=O)c1cc2nccc(Br)c2s1)C(=O)O)OCc1ccccc1. The number of benzene rings is 1. The van der Waals surface area contributed by atoms with Gasteiger partial charge in [-0.15, -0.1) is 11.3 Å². The highest BCUT2D eigenvalue weighted by Crippen LogP contribution is 2.30. The van der Waals surface area contributed by atoms with Crippen LogP contribution in [0, 0.1) is 0 Å². The number of hydrogen-bond acceptors (Lipinski definition) is 6. The second-order valence-corrected chi connectivity index (χ2v) is 7.83. The summed E-state index contributed by atoms with van der Waals surface area (Å²) in [5.74, 6) is -1.74. The minimum absolute atomic E-state index is 0.00896. The molecule has 0 saturated carbocycles. The van der Waals surface area contributed by atoms with E-state index < -0.39 is 24.0 Å². The number of ether oxygens (including phenoxy) is 1. The molecule has 3 rings (SSSR count). The zero-order valence-corrected chi connectivity index (χ0v) is 17.3.